The van der Waals surface area contributed by atoms with Crippen LogP contribution in [0.15, 0.2) is 30.5 Å². The van der Waals surface area contributed by atoms with Crippen LogP contribution in [0.2, 0.25) is 0 Å². The molecule has 72 valence electrons. The highest BCUT2D eigenvalue weighted by atomic mass is 19.1. The number of aliphatic hydroxyl groups is 1. The first-order chi connectivity index (χ1) is 6.79. The Morgan fingerprint density at radius 3 is 2.93 bits per heavy atom. The number of nitrogens with zero attached hydrogens (tertiary/aromatic N) is 1. The second-order valence-electron chi connectivity index (χ2n) is 2.93. The van der Waals surface area contributed by atoms with Gasteiger partial charge in [-0.3, -0.25) is 0 Å². The number of benzene rings is 1. The number of H-pyrrole nitrogens is 1. The minimum Gasteiger partial charge on any atom is -0.390 e. The van der Waals surface area contributed by atoms with Crippen LogP contribution in [0, 0.1) is 5.82 Å². The number of aliphatic hydroxyl groups excluding tert-OH is 1. The van der Waals surface area contributed by atoms with Gasteiger partial charge in [0.2, 0.25) is 0 Å². The molecule has 0 bridgehead atoms. The lowest BCUT2D eigenvalue weighted by molar-refractivity contribution is 0.277. The van der Waals surface area contributed by atoms with Crippen molar-refractivity contribution in [2.75, 3.05) is 0 Å². The average Bonchev–Trinajstić information content (AvgIpc) is 2.66. The zero-order valence-electron chi connectivity index (χ0n) is 7.37. The van der Waals surface area contributed by atoms with Gasteiger partial charge in [0.1, 0.15) is 11.6 Å². The maximum atomic E-state index is 12.9. The first-order valence-electron chi connectivity index (χ1n) is 4.20. The molecule has 0 aliphatic rings. The van der Waals surface area contributed by atoms with Gasteiger partial charge >= 0.3 is 0 Å². The van der Waals surface area contributed by atoms with Crippen LogP contribution in [0.4, 0.5) is 4.39 Å². The predicted octanol–water partition coefficient (Wildman–Crippen LogP) is 1.71. The van der Waals surface area contributed by atoms with Crippen molar-refractivity contribution < 1.29 is 9.50 Å². The van der Waals surface area contributed by atoms with Gasteiger partial charge in [0.05, 0.1) is 18.5 Å². The molecular weight excluding hydrogens is 183 g/mol. The molecule has 3 nitrogen and oxygen atoms in total. The molecule has 14 heavy (non-hydrogen) atoms. The smallest absolute Gasteiger partial charge is 0.137 e. The maximum absolute atomic E-state index is 12.9. The number of halogens is 1. The first kappa shape index (κ1) is 8.90. The third-order valence-corrected chi connectivity index (χ3v) is 1.90. The normalized spacial score (nSPS) is 10.4. The Bertz CT molecular complexity index is 439. The lowest BCUT2D eigenvalue weighted by Crippen LogP contribution is -1.84. The first-order valence-corrected chi connectivity index (χ1v) is 4.20. The van der Waals surface area contributed by atoms with Crippen LogP contribution in [0.1, 0.15) is 5.69 Å². The van der Waals surface area contributed by atoms with E-state index >= 15 is 0 Å². The molecule has 0 amide bonds. The molecule has 0 aliphatic heterocycles. The fraction of sp³-hybridized carbons (Fsp3) is 0.100. The largest absolute Gasteiger partial charge is 0.390 e. The van der Waals surface area contributed by atoms with Gasteiger partial charge in [-0.15, -0.1) is 0 Å². The SMILES string of the molecule is OCc1cnc(-c2cccc(F)c2)[nH]1. The molecule has 0 fully saturated rings. The summed E-state index contributed by atoms with van der Waals surface area (Å²) in [5.74, 6) is 0.262. The average molecular weight is 192 g/mol. The summed E-state index contributed by atoms with van der Waals surface area (Å²) < 4.78 is 12.9. The van der Waals surface area contributed by atoms with Crippen LogP contribution in [-0.4, -0.2) is 15.1 Å². The Balaban J connectivity index is 2.39. The van der Waals surface area contributed by atoms with Gasteiger partial charge in [-0.25, -0.2) is 9.37 Å². The van der Waals surface area contributed by atoms with Crippen molar-refractivity contribution in [2.24, 2.45) is 0 Å². The quantitative estimate of drug-likeness (QED) is 0.760. The second-order valence-corrected chi connectivity index (χ2v) is 2.93. The number of imidazole rings is 1. The topological polar surface area (TPSA) is 48.9 Å². The van der Waals surface area contributed by atoms with E-state index in [-0.39, 0.29) is 12.4 Å². The standard InChI is InChI=1S/C10H9FN2O/c11-8-3-1-2-7(4-8)10-12-5-9(6-14)13-10/h1-5,14H,6H2,(H,12,13). The highest BCUT2D eigenvalue weighted by molar-refractivity contribution is 5.54. The van der Waals surface area contributed by atoms with Gasteiger partial charge in [0.15, 0.2) is 0 Å². The van der Waals surface area contributed by atoms with E-state index in [0.717, 1.165) is 0 Å². The summed E-state index contributed by atoms with van der Waals surface area (Å²) >= 11 is 0. The van der Waals surface area contributed by atoms with Crippen LogP contribution >= 0.6 is 0 Å². The molecule has 0 radical (unpaired) electrons. The summed E-state index contributed by atoms with van der Waals surface area (Å²) in [6, 6.07) is 6.13. The van der Waals surface area contributed by atoms with Crippen molar-refractivity contribution >= 4 is 0 Å². The minimum atomic E-state index is -0.301. The highest BCUT2D eigenvalue weighted by Crippen LogP contribution is 2.16. The molecule has 0 saturated carbocycles. The van der Waals surface area contributed by atoms with Crippen LogP contribution in [0.25, 0.3) is 11.4 Å². The Morgan fingerprint density at radius 2 is 2.29 bits per heavy atom. The molecule has 2 aromatic rings. The number of nitrogens with one attached hydrogen (secondary N) is 1. The van der Waals surface area contributed by atoms with Crippen LogP contribution in [0.3, 0.4) is 0 Å². The monoisotopic (exact) mass is 192 g/mol. The number of rotatable bonds is 2. The van der Waals surface area contributed by atoms with E-state index in [0.29, 0.717) is 17.1 Å². The molecular formula is C10H9FN2O. The van der Waals surface area contributed by atoms with Crippen LogP contribution in [-0.2, 0) is 6.61 Å². The molecule has 0 saturated heterocycles. The minimum absolute atomic E-state index is 0.0949. The van der Waals surface area contributed by atoms with Gasteiger partial charge in [0.25, 0.3) is 0 Å². The van der Waals surface area contributed by atoms with Gasteiger partial charge < -0.3 is 10.1 Å². The molecule has 2 rings (SSSR count). The van der Waals surface area contributed by atoms with Crippen molar-refractivity contribution in [3.8, 4) is 11.4 Å². The van der Waals surface area contributed by atoms with E-state index < -0.39 is 0 Å². The number of aromatic amines is 1. The summed E-state index contributed by atoms with van der Waals surface area (Å²) in [7, 11) is 0. The fourth-order valence-corrected chi connectivity index (χ4v) is 1.22. The van der Waals surface area contributed by atoms with Gasteiger partial charge in [0, 0.05) is 5.56 Å². The second kappa shape index (κ2) is 3.59. The van der Waals surface area contributed by atoms with E-state index in [1.165, 1.54) is 18.3 Å². The van der Waals surface area contributed by atoms with Crippen molar-refractivity contribution in [3.05, 3.63) is 42.0 Å². The Labute approximate surface area is 80.2 Å². The van der Waals surface area contributed by atoms with E-state index in [2.05, 4.69) is 9.97 Å². The lowest BCUT2D eigenvalue weighted by Gasteiger charge is -1.95. The summed E-state index contributed by atoms with van der Waals surface area (Å²) in [4.78, 5) is 6.89. The predicted molar refractivity (Wildman–Crippen MR) is 49.9 cm³/mol. The molecule has 0 atom stereocenters. The van der Waals surface area contributed by atoms with Crippen LogP contribution in [0.5, 0.6) is 0 Å². The lowest BCUT2D eigenvalue weighted by atomic mass is 10.2. The summed E-state index contributed by atoms with van der Waals surface area (Å²) in [5, 5.41) is 8.81. The van der Waals surface area contributed by atoms with Crippen molar-refractivity contribution in [1.29, 1.82) is 0 Å². The number of hydrogen-bond acceptors (Lipinski definition) is 2. The van der Waals surface area contributed by atoms with E-state index in [4.69, 9.17) is 5.11 Å². The Kier molecular flexibility index (Phi) is 2.28. The van der Waals surface area contributed by atoms with Crippen molar-refractivity contribution in [1.82, 2.24) is 9.97 Å². The highest BCUT2D eigenvalue weighted by Gasteiger charge is 2.03. The zero-order valence-corrected chi connectivity index (χ0v) is 7.37. The van der Waals surface area contributed by atoms with E-state index in [1.54, 1.807) is 12.1 Å². The zero-order chi connectivity index (χ0) is 9.97. The van der Waals surface area contributed by atoms with Crippen LogP contribution < -0.4 is 0 Å². The number of aromatic nitrogens is 2. The Morgan fingerprint density at radius 1 is 1.43 bits per heavy atom. The summed E-state index contributed by atoms with van der Waals surface area (Å²) in [6.45, 7) is -0.0949. The van der Waals surface area contributed by atoms with E-state index in [9.17, 15) is 4.39 Å². The number of hydrogen-bond donors (Lipinski definition) is 2. The molecule has 0 unspecified atom stereocenters. The van der Waals surface area contributed by atoms with E-state index in [1.807, 2.05) is 0 Å². The molecule has 2 N–H and O–H groups in total. The third-order valence-electron chi connectivity index (χ3n) is 1.90. The molecule has 0 spiro atoms. The summed E-state index contributed by atoms with van der Waals surface area (Å²) in [6.07, 6.45) is 1.53. The maximum Gasteiger partial charge on any atom is 0.137 e. The molecule has 1 aromatic heterocycles. The van der Waals surface area contributed by atoms with Gasteiger partial charge in [-0.1, -0.05) is 12.1 Å². The third kappa shape index (κ3) is 1.65. The van der Waals surface area contributed by atoms with Gasteiger partial charge in [-0.05, 0) is 12.1 Å². The molecule has 4 heteroatoms. The van der Waals surface area contributed by atoms with Crippen molar-refractivity contribution in [2.45, 2.75) is 6.61 Å². The molecule has 0 aliphatic carbocycles. The van der Waals surface area contributed by atoms with Gasteiger partial charge in [-0.2, -0.15) is 0 Å². The fourth-order valence-electron chi connectivity index (χ4n) is 1.22. The Hall–Kier alpha value is -1.68. The molecule has 1 heterocycles. The molecule has 1 aromatic carbocycles. The summed E-state index contributed by atoms with van der Waals surface area (Å²) in [5.41, 5.74) is 1.29. The van der Waals surface area contributed by atoms with Crippen molar-refractivity contribution in [3.63, 3.8) is 0 Å².